The molecule has 5 heteroatoms. The number of nitrogens with one attached hydrogen (secondary N) is 1. The molecule has 2 aliphatic rings. The Labute approximate surface area is 130 Å². The van der Waals surface area contributed by atoms with Gasteiger partial charge in [0.25, 0.3) is 0 Å². The van der Waals surface area contributed by atoms with Gasteiger partial charge in [-0.05, 0) is 50.9 Å². The highest BCUT2D eigenvalue weighted by molar-refractivity contribution is 5.81. The highest BCUT2D eigenvalue weighted by Gasteiger charge is 2.44. The van der Waals surface area contributed by atoms with Crippen molar-refractivity contribution in [1.29, 1.82) is 0 Å². The van der Waals surface area contributed by atoms with Gasteiger partial charge in [-0.15, -0.1) is 0 Å². The van der Waals surface area contributed by atoms with E-state index in [1.54, 1.807) is 6.20 Å². The predicted octanol–water partition coefficient (Wildman–Crippen LogP) is 1.62. The van der Waals surface area contributed by atoms with E-state index in [-0.39, 0.29) is 11.4 Å². The number of carbonyl (C=O) groups excluding carboxylic acids is 1. The van der Waals surface area contributed by atoms with E-state index >= 15 is 0 Å². The number of rotatable bonds is 4. The maximum atomic E-state index is 12.3. The number of aromatic nitrogens is 2. The van der Waals surface area contributed by atoms with E-state index < -0.39 is 0 Å². The third-order valence-electron chi connectivity index (χ3n) is 5.28. The molecule has 1 N–H and O–H groups in total. The smallest absolute Gasteiger partial charge is 0.224 e. The molecule has 4 rings (SSSR count). The van der Waals surface area contributed by atoms with Crippen molar-refractivity contribution in [2.24, 2.45) is 0 Å². The average Bonchev–Trinajstić information content (AvgIpc) is 3.19. The molecule has 0 bridgehead atoms. The summed E-state index contributed by atoms with van der Waals surface area (Å²) >= 11 is 0. The molecule has 0 atom stereocenters. The third kappa shape index (κ3) is 2.29. The Hall–Kier alpha value is -1.88. The van der Waals surface area contributed by atoms with Crippen LogP contribution < -0.4 is 5.32 Å². The number of hydrogen-bond acceptors (Lipinski definition) is 3. The second-order valence-electron chi connectivity index (χ2n) is 6.57. The number of carbonyl (C=O) groups is 1. The zero-order valence-corrected chi connectivity index (χ0v) is 12.8. The van der Waals surface area contributed by atoms with Crippen LogP contribution >= 0.6 is 0 Å². The zero-order valence-electron chi connectivity index (χ0n) is 12.8. The summed E-state index contributed by atoms with van der Waals surface area (Å²) in [6.45, 7) is 3.19. The molecule has 4 heterocycles. The molecule has 0 saturated carbocycles. The van der Waals surface area contributed by atoms with Gasteiger partial charge in [0.15, 0.2) is 0 Å². The standard InChI is InChI=1S/C17H22N4O/c22-16(11-14-12-19-21-10-2-1-5-15(14)21)18-13-17-6-3-8-20(17)9-4-7-17/h1-2,5,10,12H,3-4,6-9,11,13H2,(H,18,22). The first-order valence-electron chi connectivity index (χ1n) is 8.20. The SMILES string of the molecule is O=C(Cc1cnn2ccccc12)NCC12CCCN1CCC2. The molecule has 0 unspecified atom stereocenters. The van der Waals surface area contributed by atoms with Gasteiger partial charge in [0.2, 0.25) is 5.91 Å². The quantitative estimate of drug-likeness (QED) is 0.933. The molecule has 2 aromatic heterocycles. The van der Waals surface area contributed by atoms with Gasteiger partial charge >= 0.3 is 0 Å². The van der Waals surface area contributed by atoms with Gasteiger partial charge in [-0.1, -0.05) is 6.07 Å². The van der Waals surface area contributed by atoms with E-state index in [2.05, 4.69) is 15.3 Å². The number of hydrogen-bond donors (Lipinski definition) is 1. The molecule has 2 aromatic rings. The minimum absolute atomic E-state index is 0.104. The molecule has 22 heavy (non-hydrogen) atoms. The molecule has 0 radical (unpaired) electrons. The van der Waals surface area contributed by atoms with E-state index in [0.29, 0.717) is 6.42 Å². The number of nitrogens with zero attached hydrogens (tertiary/aromatic N) is 3. The van der Waals surface area contributed by atoms with Gasteiger partial charge in [-0.25, -0.2) is 4.52 Å². The maximum Gasteiger partial charge on any atom is 0.224 e. The lowest BCUT2D eigenvalue weighted by molar-refractivity contribution is -0.120. The van der Waals surface area contributed by atoms with Crippen LogP contribution in [0.5, 0.6) is 0 Å². The Bertz CT molecular complexity index is 683. The van der Waals surface area contributed by atoms with Crippen LogP contribution in [0.1, 0.15) is 31.2 Å². The molecule has 1 amide bonds. The molecule has 2 aliphatic heterocycles. The second kappa shape index (κ2) is 5.39. The lowest BCUT2D eigenvalue weighted by atomic mass is 9.94. The van der Waals surface area contributed by atoms with Crippen LogP contribution in [-0.2, 0) is 11.2 Å². The lowest BCUT2D eigenvalue weighted by Crippen LogP contribution is -2.48. The van der Waals surface area contributed by atoms with Crippen LogP contribution in [0.25, 0.3) is 5.52 Å². The molecule has 0 spiro atoms. The predicted molar refractivity (Wildman–Crippen MR) is 84.7 cm³/mol. The van der Waals surface area contributed by atoms with Crippen LogP contribution in [0.4, 0.5) is 0 Å². The van der Waals surface area contributed by atoms with Gasteiger partial charge < -0.3 is 5.32 Å². The lowest BCUT2D eigenvalue weighted by Gasteiger charge is -2.32. The van der Waals surface area contributed by atoms with Crippen LogP contribution in [0.2, 0.25) is 0 Å². The van der Waals surface area contributed by atoms with Crippen LogP contribution in [0.15, 0.2) is 30.6 Å². The maximum absolute atomic E-state index is 12.3. The fraction of sp³-hybridized carbons (Fsp3) is 0.529. The molecule has 2 fully saturated rings. The molecule has 0 aromatic carbocycles. The van der Waals surface area contributed by atoms with Crippen LogP contribution in [0, 0.1) is 0 Å². The van der Waals surface area contributed by atoms with Crippen molar-refractivity contribution in [2.75, 3.05) is 19.6 Å². The normalized spacial score (nSPS) is 20.4. The minimum atomic E-state index is 0.104. The summed E-state index contributed by atoms with van der Waals surface area (Å²) in [5.41, 5.74) is 2.25. The van der Waals surface area contributed by atoms with Crippen molar-refractivity contribution >= 4 is 11.4 Å². The van der Waals surface area contributed by atoms with E-state index in [1.165, 1.54) is 38.8 Å². The molecule has 5 nitrogen and oxygen atoms in total. The van der Waals surface area contributed by atoms with E-state index in [0.717, 1.165) is 17.6 Å². The van der Waals surface area contributed by atoms with Gasteiger partial charge in [0, 0.05) is 23.8 Å². The van der Waals surface area contributed by atoms with Gasteiger partial charge in [-0.3, -0.25) is 9.69 Å². The minimum Gasteiger partial charge on any atom is -0.354 e. The summed E-state index contributed by atoms with van der Waals surface area (Å²) in [6.07, 6.45) is 9.10. The zero-order chi connectivity index (χ0) is 15.0. The van der Waals surface area contributed by atoms with Crippen LogP contribution in [0.3, 0.4) is 0 Å². The molecular formula is C17H22N4O. The second-order valence-corrected chi connectivity index (χ2v) is 6.57. The Morgan fingerprint density at radius 1 is 1.27 bits per heavy atom. The van der Waals surface area contributed by atoms with Gasteiger partial charge in [0.05, 0.1) is 18.1 Å². The van der Waals surface area contributed by atoms with Crippen molar-refractivity contribution in [3.05, 3.63) is 36.2 Å². The summed E-state index contributed by atoms with van der Waals surface area (Å²) in [4.78, 5) is 14.9. The molecule has 2 saturated heterocycles. The third-order valence-corrected chi connectivity index (χ3v) is 5.28. The Balaban J connectivity index is 1.41. The van der Waals surface area contributed by atoms with Gasteiger partial charge in [0.1, 0.15) is 0 Å². The Kier molecular flexibility index (Phi) is 3.37. The van der Waals surface area contributed by atoms with Crippen molar-refractivity contribution in [2.45, 2.75) is 37.6 Å². The van der Waals surface area contributed by atoms with Crippen LogP contribution in [-0.4, -0.2) is 45.6 Å². The highest BCUT2D eigenvalue weighted by atomic mass is 16.1. The fourth-order valence-electron chi connectivity index (χ4n) is 4.14. The summed E-state index contributed by atoms with van der Waals surface area (Å²) < 4.78 is 1.82. The highest BCUT2D eigenvalue weighted by Crippen LogP contribution is 2.38. The van der Waals surface area contributed by atoms with Crippen molar-refractivity contribution in [3.63, 3.8) is 0 Å². The first-order valence-corrected chi connectivity index (χ1v) is 8.20. The van der Waals surface area contributed by atoms with E-state index in [1.807, 2.05) is 28.9 Å². The van der Waals surface area contributed by atoms with Gasteiger partial charge in [-0.2, -0.15) is 5.10 Å². The number of amides is 1. The van der Waals surface area contributed by atoms with E-state index in [4.69, 9.17) is 0 Å². The van der Waals surface area contributed by atoms with Crippen molar-refractivity contribution in [1.82, 2.24) is 19.8 Å². The monoisotopic (exact) mass is 298 g/mol. The summed E-state index contributed by atoms with van der Waals surface area (Å²) in [5.74, 6) is 0.104. The topological polar surface area (TPSA) is 49.6 Å². The summed E-state index contributed by atoms with van der Waals surface area (Å²) in [6, 6.07) is 5.92. The van der Waals surface area contributed by atoms with Crippen molar-refractivity contribution < 1.29 is 4.79 Å². The average molecular weight is 298 g/mol. The molecule has 116 valence electrons. The number of pyridine rings is 1. The summed E-state index contributed by atoms with van der Waals surface area (Å²) in [5, 5.41) is 7.46. The fourth-order valence-corrected chi connectivity index (χ4v) is 4.14. The first kappa shape index (κ1) is 13.8. The van der Waals surface area contributed by atoms with Crippen molar-refractivity contribution in [3.8, 4) is 0 Å². The Morgan fingerprint density at radius 2 is 2.09 bits per heavy atom. The molecule has 0 aliphatic carbocycles. The largest absolute Gasteiger partial charge is 0.354 e. The number of fused-ring (bicyclic) bond motifs is 2. The van der Waals surface area contributed by atoms with E-state index in [9.17, 15) is 4.79 Å². The summed E-state index contributed by atoms with van der Waals surface area (Å²) in [7, 11) is 0. The first-order chi connectivity index (χ1) is 10.8. The molecular weight excluding hydrogens is 276 g/mol. The Morgan fingerprint density at radius 3 is 2.91 bits per heavy atom.